The van der Waals surface area contributed by atoms with E-state index in [-0.39, 0.29) is 5.41 Å². The number of Topliss-reactive ketones (excluding diaryl/α,β-unsaturated/α-hetero) is 1. The van der Waals surface area contributed by atoms with Crippen LogP contribution in [-0.4, -0.2) is 5.78 Å². The number of carbonyl (C=O) groups is 1. The zero-order valence-electron chi connectivity index (χ0n) is 12.6. The number of ketones is 1. The first-order valence-corrected chi connectivity index (χ1v) is 8.21. The highest BCUT2D eigenvalue weighted by Gasteiger charge is 2.51. The quantitative estimate of drug-likeness (QED) is 0.578. The van der Waals surface area contributed by atoms with E-state index in [0.717, 1.165) is 34.9 Å². The minimum Gasteiger partial charge on any atom is -0.398 e. The van der Waals surface area contributed by atoms with Gasteiger partial charge in [-0.05, 0) is 60.7 Å². The normalized spacial score (nSPS) is 29.2. The Hall–Kier alpha value is -2.09. The summed E-state index contributed by atoms with van der Waals surface area (Å²) in [7, 11) is 0. The van der Waals surface area contributed by atoms with Crippen LogP contribution in [0.2, 0.25) is 0 Å². The highest BCUT2D eigenvalue weighted by molar-refractivity contribution is 6.05. The number of benzene rings is 2. The first-order chi connectivity index (χ1) is 10.7. The lowest BCUT2D eigenvalue weighted by Crippen LogP contribution is -2.37. The van der Waals surface area contributed by atoms with Gasteiger partial charge < -0.3 is 5.73 Å². The van der Waals surface area contributed by atoms with Crippen molar-refractivity contribution < 1.29 is 4.79 Å². The number of fused-ring (bicyclic) bond motifs is 6. The summed E-state index contributed by atoms with van der Waals surface area (Å²) in [6, 6.07) is 10.3. The van der Waals surface area contributed by atoms with Crippen LogP contribution in [0.3, 0.4) is 0 Å². The SMILES string of the molecule is Nc1cccc2cc3c(cc12)C1(CCC3=O)CC2=CCC1C2. The van der Waals surface area contributed by atoms with Gasteiger partial charge in [0.05, 0.1) is 0 Å². The summed E-state index contributed by atoms with van der Waals surface area (Å²) in [6.07, 6.45) is 7.70. The van der Waals surface area contributed by atoms with Gasteiger partial charge in [0, 0.05) is 28.5 Å². The standard InChI is InChI=1S/C20H19NO/c21-18-3-1-2-13-9-16-17(10-15(13)18)20(7-6-19(16)22)11-12-4-5-14(20)8-12/h1-4,9-10,14H,5-8,11,21H2. The lowest BCUT2D eigenvalue weighted by Gasteiger charge is -2.41. The molecule has 2 heteroatoms. The van der Waals surface area contributed by atoms with Gasteiger partial charge in [0.2, 0.25) is 0 Å². The van der Waals surface area contributed by atoms with Crippen LogP contribution in [0.4, 0.5) is 5.69 Å². The molecule has 1 fully saturated rings. The third-order valence-electron chi connectivity index (χ3n) is 6.21. The molecule has 0 radical (unpaired) electrons. The molecule has 110 valence electrons. The largest absolute Gasteiger partial charge is 0.398 e. The fourth-order valence-electron chi connectivity index (χ4n) is 5.11. The van der Waals surface area contributed by atoms with E-state index in [0.29, 0.717) is 18.1 Å². The molecule has 5 rings (SSSR count). The molecule has 2 unspecified atom stereocenters. The van der Waals surface area contributed by atoms with Gasteiger partial charge >= 0.3 is 0 Å². The van der Waals surface area contributed by atoms with Crippen LogP contribution < -0.4 is 5.73 Å². The van der Waals surface area contributed by atoms with Gasteiger partial charge in [-0.3, -0.25) is 4.79 Å². The first-order valence-electron chi connectivity index (χ1n) is 8.21. The smallest absolute Gasteiger partial charge is 0.163 e. The average molecular weight is 289 g/mol. The van der Waals surface area contributed by atoms with Crippen LogP contribution in [0.5, 0.6) is 0 Å². The number of nitrogen functional groups attached to an aromatic ring is 1. The summed E-state index contributed by atoms with van der Waals surface area (Å²) in [5.41, 5.74) is 11.0. The molecule has 0 heterocycles. The van der Waals surface area contributed by atoms with Gasteiger partial charge in [-0.2, -0.15) is 0 Å². The monoisotopic (exact) mass is 289 g/mol. The zero-order chi connectivity index (χ0) is 14.9. The lowest BCUT2D eigenvalue weighted by molar-refractivity contribution is 0.0940. The van der Waals surface area contributed by atoms with Crippen LogP contribution in [0.25, 0.3) is 10.8 Å². The number of nitrogens with two attached hydrogens (primary N) is 1. The average Bonchev–Trinajstić information content (AvgIpc) is 3.12. The highest BCUT2D eigenvalue weighted by Crippen LogP contribution is 2.59. The second-order valence-electron chi connectivity index (χ2n) is 7.22. The zero-order valence-corrected chi connectivity index (χ0v) is 12.6. The molecule has 2 aromatic rings. The molecular weight excluding hydrogens is 270 g/mol. The summed E-state index contributed by atoms with van der Waals surface area (Å²) in [5, 5.41) is 2.19. The van der Waals surface area contributed by atoms with Gasteiger partial charge in [-0.25, -0.2) is 0 Å². The number of hydrogen-bond donors (Lipinski definition) is 1. The molecule has 2 aromatic carbocycles. The molecule has 2 nitrogen and oxygen atoms in total. The third-order valence-corrected chi connectivity index (χ3v) is 6.21. The number of carbonyl (C=O) groups excluding carboxylic acids is 1. The molecule has 3 aliphatic carbocycles. The van der Waals surface area contributed by atoms with E-state index >= 15 is 0 Å². The minimum atomic E-state index is 0.198. The van der Waals surface area contributed by atoms with Crippen LogP contribution in [0.15, 0.2) is 42.0 Å². The van der Waals surface area contributed by atoms with Gasteiger partial charge in [0.15, 0.2) is 5.78 Å². The molecule has 2 atom stereocenters. The summed E-state index contributed by atoms with van der Waals surface area (Å²) in [5.74, 6) is 0.999. The minimum absolute atomic E-state index is 0.198. The molecule has 1 saturated carbocycles. The molecule has 22 heavy (non-hydrogen) atoms. The maximum absolute atomic E-state index is 12.5. The third kappa shape index (κ3) is 1.43. The molecule has 2 N–H and O–H groups in total. The maximum atomic E-state index is 12.5. The Labute approximate surface area is 130 Å². The fourth-order valence-corrected chi connectivity index (χ4v) is 5.11. The predicted molar refractivity (Wildman–Crippen MR) is 89.0 cm³/mol. The topological polar surface area (TPSA) is 43.1 Å². The summed E-state index contributed by atoms with van der Waals surface area (Å²) in [4.78, 5) is 12.5. The Morgan fingerprint density at radius 3 is 2.91 bits per heavy atom. The van der Waals surface area contributed by atoms with E-state index < -0.39 is 0 Å². The van der Waals surface area contributed by atoms with Crippen molar-refractivity contribution in [3.05, 3.63) is 53.1 Å². The summed E-state index contributed by atoms with van der Waals surface area (Å²) >= 11 is 0. The van der Waals surface area contributed by atoms with Crippen molar-refractivity contribution in [2.24, 2.45) is 5.92 Å². The number of anilines is 1. The molecule has 3 aliphatic rings. The molecule has 0 aromatic heterocycles. The van der Waals surface area contributed by atoms with Crippen molar-refractivity contribution in [3.63, 3.8) is 0 Å². The fraction of sp³-hybridized carbons (Fsp3) is 0.350. The van der Waals surface area contributed by atoms with Crippen molar-refractivity contribution >= 4 is 22.2 Å². The molecule has 0 aliphatic heterocycles. The van der Waals surface area contributed by atoms with Crippen molar-refractivity contribution in [1.82, 2.24) is 0 Å². The Bertz CT molecular complexity index is 863. The van der Waals surface area contributed by atoms with E-state index in [9.17, 15) is 4.79 Å². The second-order valence-corrected chi connectivity index (χ2v) is 7.22. The predicted octanol–water partition coefficient (Wildman–Crippen LogP) is 4.38. The van der Waals surface area contributed by atoms with Crippen LogP contribution in [0.1, 0.15) is 48.0 Å². The van der Waals surface area contributed by atoms with Crippen molar-refractivity contribution in [2.75, 3.05) is 5.73 Å². The maximum Gasteiger partial charge on any atom is 0.163 e. The Morgan fingerprint density at radius 1 is 1.23 bits per heavy atom. The van der Waals surface area contributed by atoms with Gasteiger partial charge in [-0.1, -0.05) is 23.8 Å². The Kier molecular flexibility index (Phi) is 2.27. The van der Waals surface area contributed by atoms with Gasteiger partial charge in [-0.15, -0.1) is 0 Å². The Morgan fingerprint density at radius 2 is 2.14 bits per heavy atom. The van der Waals surface area contributed by atoms with E-state index in [2.05, 4.69) is 24.3 Å². The van der Waals surface area contributed by atoms with Crippen molar-refractivity contribution in [3.8, 4) is 0 Å². The molecule has 0 amide bonds. The summed E-state index contributed by atoms with van der Waals surface area (Å²) < 4.78 is 0. The Balaban J connectivity index is 1.82. The number of rotatable bonds is 0. The highest BCUT2D eigenvalue weighted by atomic mass is 16.1. The van der Waals surface area contributed by atoms with E-state index in [1.54, 1.807) is 5.57 Å². The van der Waals surface area contributed by atoms with Crippen LogP contribution in [0, 0.1) is 5.92 Å². The number of allylic oxidation sites excluding steroid dienone is 2. The van der Waals surface area contributed by atoms with Crippen LogP contribution in [-0.2, 0) is 5.41 Å². The molecule has 2 bridgehead atoms. The number of hydrogen-bond acceptors (Lipinski definition) is 2. The van der Waals surface area contributed by atoms with Gasteiger partial charge in [0.25, 0.3) is 0 Å². The van der Waals surface area contributed by atoms with E-state index in [1.807, 2.05) is 12.1 Å². The van der Waals surface area contributed by atoms with Crippen LogP contribution >= 0.6 is 0 Å². The van der Waals surface area contributed by atoms with Crippen molar-refractivity contribution in [2.45, 2.75) is 37.5 Å². The summed E-state index contributed by atoms with van der Waals surface area (Å²) in [6.45, 7) is 0. The van der Waals surface area contributed by atoms with E-state index in [4.69, 9.17) is 5.73 Å². The lowest BCUT2D eigenvalue weighted by atomic mass is 9.62. The van der Waals surface area contributed by atoms with Gasteiger partial charge in [0.1, 0.15) is 0 Å². The molecule has 0 saturated heterocycles. The van der Waals surface area contributed by atoms with Crippen molar-refractivity contribution in [1.29, 1.82) is 0 Å². The molecule has 1 spiro atoms. The second kappa shape index (κ2) is 4.01. The molecular formula is C20H19NO. The first kappa shape index (κ1) is 12.5. The van der Waals surface area contributed by atoms with E-state index in [1.165, 1.54) is 18.4 Å².